The van der Waals surface area contributed by atoms with E-state index in [9.17, 15) is 9.59 Å². The van der Waals surface area contributed by atoms with Gasteiger partial charge in [0.15, 0.2) is 0 Å². The molecular weight excluding hydrogens is 454 g/mol. The number of anilines is 2. The minimum Gasteiger partial charge on any atom is -0.366 e. The number of pyridine rings is 2. The number of rotatable bonds is 5. The highest BCUT2D eigenvalue weighted by Gasteiger charge is 2.23. The van der Waals surface area contributed by atoms with Crippen molar-refractivity contribution in [3.63, 3.8) is 0 Å². The average molecular weight is 482 g/mol. The molecule has 0 saturated heterocycles. The zero-order valence-electron chi connectivity index (χ0n) is 20.6. The van der Waals surface area contributed by atoms with Gasteiger partial charge in [-0.3, -0.25) is 9.78 Å². The van der Waals surface area contributed by atoms with E-state index in [4.69, 9.17) is 16.5 Å². The minimum atomic E-state index is -0.736. The Labute approximate surface area is 209 Å². The molecule has 9 nitrogen and oxygen atoms in total. The second-order valence-corrected chi connectivity index (χ2v) is 9.34. The highest BCUT2D eigenvalue weighted by atomic mass is 16.2. The number of hydrogen-bond acceptors (Lipinski definition) is 6. The molecule has 1 aromatic carbocycles. The molecule has 0 bridgehead atoms. The molecule has 4 rings (SSSR count). The fraction of sp³-hybridized carbons (Fsp3) is 0.185. The molecule has 0 aliphatic rings. The predicted molar refractivity (Wildman–Crippen MR) is 139 cm³/mol. The maximum atomic E-state index is 12.7. The second-order valence-electron chi connectivity index (χ2n) is 9.34. The zero-order valence-corrected chi connectivity index (χ0v) is 20.6. The first kappa shape index (κ1) is 24.5. The largest absolute Gasteiger partial charge is 0.366 e. The summed E-state index contributed by atoms with van der Waals surface area (Å²) in [6.07, 6.45) is 3.30. The molecule has 0 atom stereocenters. The Morgan fingerprint density at radius 3 is 2.28 bits per heavy atom. The number of urea groups is 1. The topological polar surface area (TPSA) is 141 Å². The summed E-state index contributed by atoms with van der Waals surface area (Å²) in [5.74, 6) is 0.279. The van der Waals surface area contributed by atoms with E-state index in [1.807, 2.05) is 52.0 Å². The van der Waals surface area contributed by atoms with Crippen molar-refractivity contribution in [2.24, 2.45) is 11.5 Å². The third-order valence-corrected chi connectivity index (χ3v) is 5.58. The molecule has 4 aromatic rings. The summed E-state index contributed by atoms with van der Waals surface area (Å²) in [5.41, 5.74) is 14.9. The van der Waals surface area contributed by atoms with Crippen molar-refractivity contribution in [1.29, 1.82) is 0 Å². The molecule has 4 N–H and O–H groups in total. The van der Waals surface area contributed by atoms with E-state index in [2.05, 4.69) is 15.0 Å². The molecule has 0 spiro atoms. The molecule has 0 fully saturated rings. The molecule has 3 heterocycles. The third-order valence-electron chi connectivity index (χ3n) is 5.58. The van der Waals surface area contributed by atoms with Crippen LogP contribution in [0.5, 0.6) is 0 Å². The lowest BCUT2D eigenvalue weighted by atomic mass is 9.95. The molecule has 0 aliphatic heterocycles. The van der Waals surface area contributed by atoms with Gasteiger partial charge in [0.05, 0.1) is 22.6 Å². The van der Waals surface area contributed by atoms with Crippen LogP contribution in [0.4, 0.5) is 16.3 Å². The first-order valence-corrected chi connectivity index (χ1v) is 11.3. The quantitative estimate of drug-likeness (QED) is 0.429. The second kappa shape index (κ2) is 9.53. The highest BCUT2D eigenvalue weighted by Crippen LogP contribution is 2.33. The van der Waals surface area contributed by atoms with Crippen LogP contribution in [0.1, 0.15) is 42.5 Å². The lowest BCUT2D eigenvalue weighted by Crippen LogP contribution is -2.33. The molecule has 0 aliphatic carbocycles. The molecule has 182 valence electrons. The number of nitrogens with two attached hydrogens (primary N) is 2. The van der Waals surface area contributed by atoms with E-state index in [-0.39, 0.29) is 22.5 Å². The smallest absolute Gasteiger partial charge is 0.325 e. The normalized spacial score (nSPS) is 11.2. The van der Waals surface area contributed by atoms with Crippen molar-refractivity contribution in [3.05, 3.63) is 83.9 Å². The Hall–Kier alpha value is -4.66. The Balaban J connectivity index is 1.86. The average Bonchev–Trinajstić information content (AvgIpc) is 2.85. The van der Waals surface area contributed by atoms with Crippen LogP contribution in [-0.2, 0) is 5.41 Å². The van der Waals surface area contributed by atoms with Crippen molar-refractivity contribution < 1.29 is 9.59 Å². The van der Waals surface area contributed by atoms with Gasteiger partial charge in [-0.15, -0.1) is 0 Å². The summed E-state index contributed by atoms with van der Waals surface area (Å²) in [5, 5.41) is 0. The lowest BCUT2D eigenvalue weighted by molar-refractivity contribution is 0.100. The van der Waals surface area contributed by atoms with E-state index >= 15 is 0 Å². The van der Waals surface area contributed by atoms with Crippen molar-refractivity contribution in [2.45, 2.75) is 33.1 Å². The Kier molecular flexibility index (Phi) is 6.48. The number of benzene rings is 1. The number of primary amides is 2. The number of carbonyl (C=O) groups excluding carboxylic acids is 2. The Morgan fingerprint density at radius 1 is 0.861 bits per heavy atom. The zero-order chi connectivity index (χ0) is 26.0. The van der Waals surface area contributed by atoms with Crippen molar-refractivity contribution >= 4 is 23.4 Å². The van der Waals surface area contributed by atoms with E-state index in [1.165, 1.54) is 17.0 Å². The van der Waals surface area contributed by atoms with Crippen molar-refractivity contribution in [2.75, 3.05) is 4.90 Å². The van der Waals surface area contributed by atoms with E-state index in [1.54, 1.807) is 30.6 Å². The Bertz CT molecular complexity index is 1450. The van der Waals surface area contributed by atoms with Crippen LogP contribution < -0.4 is 16.4 Å². The van der Waals surface area contributed by atoms with Gasteiger partial charge in [0.25, 0.3) is 5.91 Å². The van der Waals surface area contributed by atoms with Gasteiger partial charge >= 0.3 is 6.03 Å². The molecule has 0 unspecified atom stereocenters. The number of carbonyl (C=O) groups is 2. The van der Waals surface area contributed by atoms with Crippen LogP contribution >= 0.6 is 0 Å². The Morgan fingerprint density at radius 2 is 1.64 bits per heavy atom. The molecule has 9 heteroatoms. The lowest BCUT2D eigenvalue weighted by Gasteiger charge is -2.23. The number of aromatic nitrogens is 4. The van der Waals surface area contributed by atoms with E-state index < -0.39 is 11.9 Å². The van der Waals surface area contributed by atoms with E-state index in [0.29, 0.717) is 22.9 Å². The van der Waals surface area contributed by atoms with Gasteiger partial charge in [0, 0.05) is 23.4 Å². The van der Waals surface area contributed by atoms with Crippen LogP contribution in [0.2, 0.25) is 0 Å². The van der Waals surface area contributed by atoms with Crippen molar-refractivity contribution in [3.8, 4) is 22.6 Å². The summed E-state index contributed by atoms with van der Waals surface area (Å²) in [6, 6.07) is 15.0. The third kappa shape index (κ3) is 4.90. The van der Waals surface area contributed by atoms with Gasteiger partial charge in [-0.1, -0.05) is 39.0 Å². The van der Waals surface area contributed by atoms with Crippen LogP contribution in [0.15, 0.2) is 67.0 Å². The number of hydrogen-bond donors (Lipinski definition) is 2. The highest BCUT2D eigenvalue weighted by molar-refractivity contribution is 6.02. The van der Waals surface area contributed by atoms with Crippen LogP contribution in [-0.4, -0.2) is 31.9 Å². The van der Waals surface area contributed by atoms with Gasteiger partial charge in [0.2, 0.25) is 0 Å². The molecule has 3 aromatic heterocycles. The molecule has 36 heavy (non-hydrogen) atoms. The summed E-state index contributed by atoms with van der Waals surface area (Å²) in [7, 11) is 0. The van der Waals surface area contributed by atoms with Crippen LogP contribution in [0.25, 0.3) is 22.6 Å². The maximum Gasteiger partial charge on any atom is 0.325 e. The fourth-order valence-corrected chi connectivity index (χ4v) is 3.72. The monoisotopic (exact) mass is 481 g/mol. The van der Waals surface area contributed by atoms with Crippen molar-refractivity contribution in [1.82, 2.24) is 19.9 Å². The first-order chi connectivity index (χ1) is 17.1. The minimum absolute atomic E-state index is 0.183. The summed E-state index contributed by atoms with van der Waals surface area (Å²) in [6.45, 7) is 8.00. The standard InChI is InChI=1S/C27H27N7O2/c1-16-8-9-17(19-12-14-31-25(32-19)27(2,3)4)15-21(16)34(26(29)36)22-11-10-18(24(28)35)23(33-22)20-7-5-6-13-30-20/h5-15H,1-4H3,(H2,28,35)(H2,29,36). The molecular formula is C27H27N7O2. The van der Waals surface area contributed by atoms with Gasteiger partial charge in [-0.05, 0) is 48.9 Å². The predicted octanol–water partition coefficient (Wildman–Crippen LogP) is 4.52. The molecule has 0 saturated carbocycles. The first-order valence-electron chi connectivity index (χ1n) is 11.3. The van der Waals surface area contributed by atoms with Gasteiger partial charge in [-0.25, -0.2) is 24.6 Å². The number of nitrogens with zero attached hydrogens (tertiary/aromatic N) is 5. The summed E-state index contributed by atoms with van der Waals surface area (Å²) < 4.78 is 0. The molecule has 0 radical (unpaired) electrons. The number of amides is 3. The summed E-state index contributed by atoms with van der Waals surface area (Å²) >= 11 is 0. The number of aryl methyl sites for hydroxylation is 1. The fourth-order valence-electron chi connectivity index (χ4n) is 3.72. The van der Waals surface area contributed by atoms with Crippen LogP contribution in [0.3, 0.4) is 0 Å². The van der Waals surface area contributed by atoms with Gasteiger partial charge in [0.1, 0.15) is 17.3 Å². The summed E-state index contributed by atoms with van der Waals surface area (Å²) in [4.78, 5) is 44.1. The van der Waals surface area contributed by atoms with Gasteiger partial charge in [-0.2, -0.15) is 0 Å². The van der Waals surface area contributed by atoms with Crippen LogP contribution in [0, 0.1) is 6.92 Å². The maximum absolute atomic E-state index is 12.7. The van der Waals surface area contributed by atoms with E-state index in [0.717, 1.165) is 11.1 Å². The molecule has 3 amide bonds. The SMILES string of the molecule is Cc1ccc(-c2ccnc(C(C)(C)C)n2)cc1N(C(N)=O)c1ccc(C(N)=O)c(-c2ccccn2)n1. The van der Waals surface area contributed by atoms with Gasteiger partial charge < -0.3 is 11.5 Å².